The summed E-state index contributed by atoms with van der Waals surface area (Å²) in [4.78, 5) is 6.28. The van der Waals surface area contributed by atoms with E-state index in [9.17, 15) is 5.11 Å². The largest absolute Gasteiger partial charge is 0.369 e. The Bertz CT molecular complexity index is 458. The highest BCUT2D eigenvalue weighted by Crippen LogP contribution is 2.43. The number of hydrogen-bond acceptors (Lipinski definition) is 4. The van der Waals surface area contributed by atoms with Crippen LogP contribution >= 0.6 is 24.0 Å². The summed E-state index contributed by atoms with van der Waals surface area (Å²) < 4.78 is 0.786. The summed E-state index contributed by atoms with van der Waals surface area (Å²) >= 11 is 6.94. The molecule has 1 aliphatic rings. The van der Waals surface area contributed by atoms with E-state index in [-0.39, 0.29) is 5.41 Å². The van der Waals surface area contributed by atoms with Crippen LogP contribution < -0.4 is 0 Å². The molecule has 2 rings (SSSR count). The second-order valence-electron chi connectivity index (χ2n) is 5.84. The molecule has 5 heteroatoms. The first kappa shape index (κ1) is 14.8. The Morgan fingerprint density at radius 3 is 2.79 bits per heavy atom. The van der Waals surface area contributed by atoms with Crippen molar-refractivity contribution >= 4 is 28.3 Å². The van der Waals surface area contributed by atoms with Crippen molar-refractivity contribution in [1.29, 1.82) is 0 Å². The van der Waals surface area contributed by atoms with E-state index in [1.807, 2.05) is 23.1 Å². The van der Waals surface area contributed by atoms with E-state index in [2.05, 4.69) is 25.8 Å². The number of pyridine rings is 1. The van der Waals surface area contributed by atoms with Crippen LogP contribution in [0.15, 0.2) is 24.4 Å². The van der Waals surface area contributed by atoms with Gasteiger partial charge in [-0.25, -0.2) is 0 Å². The van der Waals surface area contributed by atoms with Gasteiger partial charge in [0.25, 0.3) is 0 Å². The van der Waals surface area contributed by atoms with Crippen LogP contribution in [-0.4, -0.2) is 37.3 Å². The SMILES string of the molecule is CC(C)(C)C1(O)CSC(=S)N1CCc1ccccn1. The molecule has 1 unspecified atom stereocenters. The van der Waals surface area contributed by atoms with Crippen LogP contribution in [0.2, 0.25) is 0 Å². The van der Waals surface area contributed by atoms with Gasteiger partial charge in [-0.3, -0.25) is 4.98 Å². The summed E-state index contributed by atoms with van der Waals surface area (Å²) in [7, 11) is 0. The second kappa shape index (κ2) is 5.38. The van der Waals surface area contributed by atoms with Crippen LogP contribution in [0.5, 0.6) is 0 Å². The average Bonchev–Trinajstić information content (AvgIpc) is 2.65. The molecular weight excluding hydrogens is 276 g/mol. The third kappa shape index (κ3) is 2.93. The van der Waals surface area contributed by atoms with Crippen LogP contribution in [0.3, 0.4) is 0 Å². The molecule has 1 aromatic rings. The van der Waals surface area contributed by atoms with Crippen molar-refractivity contribution in [3.8, 4) is 0 Å². The molecule has 1 fully saturated rings. The van der Waals surface area contributed by atoms with Crippen LogP contribution in [0.25, 0.3) is 0 Å². The maximum Gasteiger partial charge on any atom is 0.153 e. The Morgan fingerprint density at radius 2 is 2.21 bits per heavy atom. The quantitative estimate of drug-likeness (QED) is 0.868. The zero-order valence-corrected chi connectivity index (χ0v) is 13.2. The third-order valence-corrected chi connectivity index (χ3v) is 5.17. The topological polar surface area (TPSA) is 36.4 Å². The van der Waals surface area contributed by atoms with Crippen molar-refractivity contribution < 1.29 is 5.11 Å². The molecule has 0 radical (unpaired) electrons. The van der Waals surface area contributed by atoms with Crippen molar-refractivity contribution in [3.05, 3.63) is 30.1 Å². The van der Waals surface area contributed by atoms with Gasteiger partial charge in [0.2, 0.25) is 0 Å². The summed E-state index contributed by atoms with van der Waals surface area (Å²) in [5.74, 6) is 0.636. The normalized spacial score (nSPS) is 24.0. The van der Waals surface area contributed by atoms with E-state index < -0.39 is 5.72 Å². The van der Waals surface area contributed by atoms with Gasteiger partial charge < -0.3 is 10.0 Å². The van der Waals surface area contributed by atoms with Crippen LogP contribution in [0.4, 0.5) is 0 Å². The fourth-order valence-corrected chi connectivity index (χ4v) is 3.87. The predicted molar refractivity (Wildman–Crippen MR) is 84.1 cm³/mol. The van der Waals surface area contributed by atoms with Gasteiger partial charge >= 0.3 is 0 Å². The zero-order chi connectivity index (χ0) is 14.1. The molecule has 1 saturated heterocycles. The maximum absolute atomic E-state index is 10.9. The molecule has 104 valence electrons. The molecule has 0 saturated carbocycles. The highest BCUT2D eigenvalue weighted by atomic mass is 32.2. The minimum Gasteiger partial charge on any atom is -0.369 e. The maximum atomic E-state index is 10.9. The number of thiocarbonyl (C=S) groups is 1. The first-order chi connectivity index (χ1) is 8.84. The number of rotatable bonds is 3. The first-order valence-corrected chi connectivity index (χ1v) is 7.81. The fourth-order valence-electron chi connectivity index (χ4n) is 2.14. The lowest BCUT2D eigenvalue weighted by Gasteiger charge is -2.43. The Hall–Kier alpha value is -0.650. The van der Waals surface area contributed by atoms with Crippen LogP contribution in [0.1, 0.15) is 26.5 Å². The number of aliphatic hydroxyl groups is 1. The zero-order valence-electron chi connectivity index (χ0n) is 11.6. The molecule has 1 atom stereocenters. The number of aromatic nitrogens is 1. The van der Waals surface area contributed by atoms with Gasteiger partial charge in [0, 0.05) is 36.0 Å². The van der Waals surface area contributed by atoms with Crippen molar-refractivity contribution in [2.45, 2.75) is 32.9 Å². The number of thioether (sulfide) groups is 1. The molecular formula is C14H20N2OS2. The summed E-state index contributed by atoms with van der Waals surface area (Å²) in [6, 6.07) is 5.89. The van der Waals surface area contributed by atoms with E-state index in [1.54, 1.807) is 18.0 Å². The lowest BCUT2D eigenvalue weighted by Crippen LogP contribution is -2.56. The lowest BCUT2D eigenvalue weighted by atomic mass is 9.83. The Balaban J connectivity index is 2.11. The Labute approximate surface area is 124 Å². The van der Waals surface area contributed by atoms with E-state index >= 15 is 0 Å². The minimum atomic E-state index is -0.871. The highest BCUT2D eigenvalue weighted by Gasteiger charge is 2.50. The molecule has 19 heavy (non-hydrogen) atoms. The summed E-state index contributed by atoms with van der Waals surface area (Å²) in [5, 5.41) is 10.9. The van der Waals surface area contributed by atoms with Crippen LogP contribution in [0, 0.1) is 5.41 Å². The number of nitrogens with zero attached hydrogens (tertiary/aromatic N) is 2. The minimum absolute atomic E-state index is 0.231. The molecule has 1 N–H and O–H groups in total. The van der Waals surface area contributed by atoms with Crippen molar-refractivity contribution in [2.75, 3.05) is 12.3 Å². The van der Waals surface area contributed by atoms with Gasteiger partial charge in [0.15, 0.2) is 5.72 Å². The standard InChI is InChI=1S/C14H20N2OS2/c1-13(2,3)14(17)10-19-12(18)16(14)9-7-11-6-4-5-8-15-11/h4-6,8,17H,7,9-10H2,1-3H3. The van der Waals surface area contributed by atoms with E-state index in [4.69, 9.17) is 12.2 Å². The second-order valence-corrected chi connectivity index (χ2v) is 7.45. The smallest absolute Gasteiger partial charge is 0.153 e. The highest BCUT2D eigenvalue weighted by molar-refractivity contribution is 8.23. The molecule has 0 aliphatic carbocycles. The molecule has 3 nitrogen and oxygen atoms in total. The summed E-state index contributed by atoms with van der Waals surface area (Å²) in [5.41, 5.74) is -0.0766. The van der Waals surface area contributed by atoms with Gasteiger partial charge in [-0.05, 0) is 12.1 Å². The van der Waals surface area contributed by atoms with Gasteiger partial charge in [0.1, 0.15) is 4.32 Å². The van der Waals surface area contributed by atoms with Gasteiger partial charge in [-0.15, -0.1) is 0 Å². The Morgan fingerprint density at radius 1 is 1.47 bits per heavy atom. The van der Waals surface area contributed by atoms with Crippen molar-refractivity contribution in [1.82, 2.24) is 9.88 Å². The average molecular weight is 296 g/mol. The first-order valence-electron chi connectivity index (χ1n) is 6.41. The Kier molecular flexibility index (Phi) is 4.18. The predicted octanol–water partition coefficient (Wildman–Crippen LogP) is 2.69. The molecule has 0 bridgehead atoms. The fraction of sp³-hybridized carbons (Fsp3) is 0.571. The third-order valence-electron chi connectivity index (χ3n) is 3.58. The van der Waals surface area contributed by atoms with Gasteiger partial charge in [0.05, 0.1) is 0 Å². The monoisotopic (exact) mass is 296 g/mol. The molecule has 1 aromatic heterocycles. The molecule has 2 heterocycles. The van der Waals surface area contributed by atoms with Gasteiger partial charge in [-0.2, -0.15) is 0 Å². The molecule has 1 aliphatic heterocycles. The van der Waals surface area contributed by atoms with E-state index in [0.717, 1.165) is 16.4 Å². The molecule has 0 aromatic carbocycles. The van der Waals surface area contributed by atoms with Crippen molar-refractivity contribution in [2.24, 2.45) is 5.41 Å². The number of hydrogen-bond donors (Lipinski definition) is 1. The summed E-state index contributed by atoms with van der Waals surface area (Å²) in [6.07, 6.45) is 2.59. The van der Waals surface area contributed by atoms with Gasteiger partial charge in [-0.1, -0.05) is 50.8 Å². The van der Waals surface area contributed by atoms with E-state index in [0.29, 0.717) is 12.3 Å². The summed E-state index contributed by atoms with van der Waals surface area (Å²) in [6.45, 7) is 6.86. The lowest BCUT2D eigenvalue weighted by molar-refractivity contribution is -0.122. The van der Waals surface area contributed by atoms with Crippen LogP contribution in [-0.2, 0) is 6.42 Å². The molecule has 0 spiro atoms. The molecule has 0 amide bonds. The van der Waals surface area contributed by atoms with E-state index in [1.165, 1.54) is 0 Å². The van der Waals surface area contributed by atoms with Crippen molar-refractivity contribution in [3.63, 3.8) is 0 Å².